The molecule has 2 rings (SSSR count). The molecule has 1 aromatic carbocycles. The molecule has 1 aliphatic carbocycles. The number of hydrogen-bond donors (Lipinski definition) is 1. The van der Waals surface area contributed by atoms with Crippen molar-refractivity contribution in [1.29, 1.82) is 0 Å². The standard InChI is InChI=1S/C15H23NO3/c1-17-13-7-11(4-10-5-12(6-10)9-16)8-14(18-2)15(13)19-3/h7-8,10,12H,4-6,9,16H2,1-3H3. The van der Waals surface area contributed by atoms with Gasteiger partial charge in [-0.05, 0) is 55.3 Å². The topological polar surface area (TPSA) is 53.7 Å². The molecule has 0 aromatic heterocycles. The molecule has 0 atom stereocenters. The Hall–Kier alpha value is -1.42. The molecule has 1 aliphatic rings. The maximum Gasteiger partial charge on any atom is 0.203 e. The summed E-state index contributed by atoms with van der Waals surface area (Å²) in [5.41, 5.74) is 6.89. The quantitative estimate of drug-likeness (QED) is 0.857. The van der Waals surface area contributed by atoms with E-state index in [2.05, 4.69) is 0 Å². The normalized spacial score (nSPS) is 21.7. The Morgan fingerprint density at radius 3 is 2.00 bits per heavy atom. The van der Waals surface area contributed by atoms with E-state index in [4.69, 9.17) is 19.9 Å². The van der Waals surface area contributed by atoms with Gasteiger partial charge in [0.05, 0.1) is 21.3 Å². The number of ether oxygens (including phenoxy) is 3. The van der Waals surface area contributed by atoms with Crippen LogP contribution in [0.3, 0.4) is 0 Å². The van der Waals surface area contributed by atoms with Crippen molar-refractivity contribution in [3.05, 3.63) is 17.7 Å². The highest BCUT2D eigenvalue weighted by molar-refractivity contribution is 5.53. The molecule has 0 bridgehead atoms. The second-order valence-corrected chi connectivity index (χ2v) is 5.18. The Bertz CT molecular complexity index is 402. The smallest absolute Gasteiger partial charge is 0.203 e. The molecular weight excluding hydrogens is 242 g/mol. The van der Waals surface area contributed by atoms with E-state index in [0.29, 0.717) is 11.7 Å². The van der Waals surface area contributed by atoms with Crippen LogP contribution in [0.15, 0.2) is 12.1 Å². The zero-order valence-corrected chi connectivity index (χ0v) is 11.9. The Kier molecular flexibility index (Phi) is 4.53. The van der Waals surface area contributed by atoms with Crippen LogP contribution in [0, 0.1) is 11.8 Å². The number of nitrogens with two attached hydrogens (primary N) is 1. The van der Waals surface area contributed by atoms with Crippen molar-refractivity contribution in [3.8, 4) is 17.2 Å². The molecule has 0 radical (unpaired) electrons. The molecule has 106 valence electrons. The molecular formula is C15H23NO3. The van der Waals surface area contributed by atoms with Crippen LogP contribution in [0.25, 0.3) is 0 Å². The SMILES string of the molecule is COc1cc(CC2CC(CN)C2)cc(OC)c1OC. The van der Waals surface area contributed by atoms with E-state index in [1.54, 1.807) is 21.3 Å². The van der Waals surface area contributed by atoms with Gasteiger partial charge in [0.2, 0.25) is 5.75 Å². The summed E-state index contributed by atoms with van der Waals surface area (Å²) in [5.74, 6) is 3.56. The third kappa shape index (κ3) is 2.95. The average molecular weight is 265 g/mol. The zero-order valence-electron chi connectivity index (χ0n) is 11.9. The molecule has 1 aromatic rings. The summed E-state index contributed by atoms with van der Waals surface area (Å²) in [6.07, 6.45) is 3.51. The van der Waals surface area contributed by atoms with Gasteiger partial charge in [-0.2, -0.15) is 0 Å². The molecule has 19 heavy (non-hydrogen) atoms. The minimum absolute atomic E-state index is 0.655. The molecule has 0 unspecified atom stereocenters. The molecule has 0 saturated heterocycles. The number of rotatable bonds is 6. The highest BCUT2D eigenvalue weighted by Crippen LogP contribution is 2.41. The van der Waals surface area contributed by atoms with Crippen LogP contribution in [0.1, 0.15) is 18.4 Å². The lowest BCUT2D eigenvalue weighted by atomic mass is 9.72. The van der Waals surface area contributed by atoms with Crippen molar-refractivity contribution in [1.82, 2.24) is 0 Å². The van der Waals surface area contributed by atoms with Crippen LogP contribution >= 0.6 is 0 Å². The van der Waals surface area contributed by atoms with E-state index in [0.717, 1.165) is 30.4 Å². The highest BCUT2D eigenvalue weighted by Gasteiger charge is 2.28. The molecule has 4 heteroatoms. The first-order valence-corrected chi connectivity index (χ1v) is 6.70. The second kappa shape index (κ2) is 6.15. The molecule has 2 N–H and O–H groups in total. The average Bonchev–Trinajstić information content (AvgIpc) is 2.40. The van der Waals surface area contributed by atoms with E-state index < -0.39 is 0 Å². The van der Waals surface area contributed by atoms with Gasteiger partial charge in [0.15, 0.2) is 11.5 Å². The maximum atomic E-state index is 5.66. The molecule has 4 nitrogen and oxygen atoms in total. The number of benzene rings is 1. The van der Waals surface area contributed by atoms with Gasteiger partial charge in [-0.3, -0.25) is 0 Å². The van der Waals surface area contributed by atoms with Gasteiger partial charge < -0.3 is 19.9 Å². The van der Waals surface area contributed by atoms with E-state index >= 15 is 0 Å². The van der Waals surface area contributed by atoms with Crippen LogP contribution in [-0.2, 0) is 6.42 Å². The lowest BCUT2D eigenvalue weighted by Crippen LogP contribution is -2.31. The van der Waals surface area contributed by atoms with Crippen molar-refractivity contribution >= 4 is 0 Å². The monoisotopic (exact) mass is 265 g/mol. The zero-order chi connectivity index (χ0) is 13.8. The van der Waals surface area contributed by atoms with Crippen molar-refractivity contribution in [2.24, 2.45) is 17.6 Å². The molecule has 1 saturated carbocycles. The summed E-state index contributed by atoms with van der Waals surface area (Å²) in [6, 6.07) is 4.08. The fourth-order valence-electron chi connectivity index (χ4n) is 2.82. The van der Waals surface area contributed by atoms with Crippen LogP contribution < -0.4 is 19.9 Å². The minimum Gasteiger partial charge on any atom is -0.493 e. The van der Waals surface area contributed by atoms with Crippen molar-refractivity contribution in [2.45, 2.75) is 19.3 Å². The summed E-state index contributed by atoms with van der Waals surface area (Å²) in [4.78, 5) is 0. The van der Waals surface area contributed by atoms with E-state index in [9.17, 15) is 0 Å². The van der Waals surface area contributed by atoms with Crippen LogP contribution in [0.2, 0.25) is 0 Å². The third-order valence-electron chi connectivity index (χ3n) is 3.92. The predicted octanol–water partition coefficient (Wildman–Crippen LogP) is 2.24. The van der Waals surface area contributed by atoms with Crippen LogP contribution in [-0.4, -0.2) is 27.9 Å². The Morgan fingerprint density at radius 1 is 1.00 bits per heavy atom. The molecule has 1 fully saturated rings. The Morgan fingerprint density at radius 2 is 1.58 bits per heavy atom. The highest BCUT2D eigenvalue weighted by atomic mass is 16.5. The summed E-state index contributed by atoms with van der Waals surface area (Å²) in [7, 11) is 4.92. The largest absolute Gasteiger partial charge is 0.493 e. The fraction of sp³-hybridized carbons (Fsp3) is 0.600. The predicted molar refractivity (Wildman–Crippen MR) is 75.1 cm³/mol. The van der Waals surface area contributed by atoms with Crippen LogP contribution in [0.4, 0.5) is 0 Å². The first-order valence-electron chi connectivity index (χ1n) is 6.70. The van der Waals surface area contributed by atoms with Crippen LogP contribution in [0.5, 0.6) is 17.2 Å². The maximum absolute atomic E-state index is 5.66. The lowest BCUT2D eigenvalue weighted by molar-refractivity contribution is 0.199. The van der Waals surface area contributed by atoms with Gasteiger partial charge in [0, 0.05) is 0 Å². The number of hydrogen-bond acceptors (Lipinski definition) is 4. The fourth-order valence-corrected chi connectivity index (χ4v) is 2.82. The van der Waals surface area contributed by atoms with Crippen molar-refractivity contribution in [3.63, 3.8) is 0 Å². The first-order chi connectivity index (χ1) is 9.21. The summed E-state index contributed by atoms with van der Waals surface area (Å²) in [5, 5.41) is 0. The molecule has 0 amide bonds. The lowest BCUT2D eigenvalue weighted by Gasteiger charge is -2.34. The van der Waals surface area contributed by atoms with Gasteiger partial charge in [-0.1, -0.05) is 0 Å². The number of methoxy groups -OCH3 is 3. The van der Waals surface area contributed by atoms with Gasteiger partial charge in [0.25, 0.3) is 0 Å². The summed E-state index contributed by atoms with van der Waals surface area (Å²) >= 11 is 0. The van der Waals surface area contributed by atoms with Gasteiger partial charge in [-0.25, -0.2) is 0 Å². The summed E-state index contributed by atoms with van der Waals surface area (Å²) in [6.45, 7) is 0.811. The minimum atomic E-state index is 0.655. The molecule has 0 spiro atoms. The van der Waals surface area contributed by atoms with Gasteiger partial charge >= 0.3 is 0 Å². The van der Waals surface area contributed by atoms with Gasteiger partial charge in [0.1, 0.15) is 0 Å². The Labute approximate surface area is 114 Å². The third-order valence-corrected chi connectivity index (χ3v) is 3.92. The summed E-state index contributed by atoms with van der Waals surface area (Å²) < 4.78 is 16.1. The second-order valence-electron chi connectivity index (χ2n) is 5.18. The van der Waals surface area contributed by atoms with Crippen molar-refractivity contribution in [2.75, 3.05) is 27.9 Å². The Balaban J connectivity index is 2.13. The first kappa shape index (κ1) is 14.0. The van der Waals surface area contributed by atoms with E-state index in [1.807, 2.05) is 12.1 Å². The van der Waals surface area contributed by atoms with Crippen molar-refractivity contribution < 1.29 is 14.2 Å². The van der Waals surface area contributed by atoms with E-state index in [1.165, 1.54) is 18.4 Å². The molecule has 0 aliphatic heterocycles. The molecule has 0 heterocycles. The van der Waals surface area contributed by atoms with Gasteiger partial charge in [-0.15, -0.1) is 0 Å². The van der Waals surface area contributed by atoms with E-state index in [-0.39, 0.29) is 0 Å².